The second-order valence-electron chi connectivity index (χ2n) is 4.85. The van der Waals surface area contributed by atoms with Gasteiger partial charge in [-0.05, 0) is 30.3 Å². The minimum Gasteiger partial charge on any atom is -0.379 e. The Morgan fingerprint density at radius 3 is 2.71 bits per heavy atom. The molecule has 7 heteroatoms. The van der Waals surface area contributed by atoms with E-state index in [1.165, 1.54) is 12.1 Å². The third-order valence-corrected chi connectivity index (χ3v) is 3.35. The van der Waals surface area contributed by atoms with Gasteiger partial charge in [-0.3, -0.25) is 5.10 Å². The number of nitrogens with zero attached hydrogens (tertiary/aromatic N) is 2. The van der Waals surface area contributed by atoms with Crippen LogP contribution < -0.4 is 5.43 Å². The molecule has 1 aliphatic rings. The molecule has 1 unspecified atom stereocenters. The summed E-state index contributed by atoms with van der Waals surface area (Å²) in [6, 6.07) is 7.80. The van der Waals surface area contributed by atoms with Gasteiger partial charge in [0.25, 0.3) is 0 Å². The topological polar surface area (TPSA) is 73.4 Å². The molecule has 1 aromatic carbocycles. The van der Waals surface area contributed by atoms with E-state index in [1.54, 1.807) is 18.2 Å². The summed E-state index contributed by atoms with van der Waals surface area (Å²) in [5, 5.41) is 19.0. The molecule has 0 spiro atoms. The van der Waals surface area contributed by atoms with Gasteiger partial charge in [-0.2, -0.15) is 5.10 Å². The van der Waals surface area contributed by atoms with Gasteiger partial charge in [0.15, 0.2) is 6.23 Å². The first-order valence-electron chi connectivity index (χ1n) is 6.80. The first-order valence-corrected chi connectivity index (χ1v) is 6.80. The molecule has 3 rings (SSSR count). The highest BCUT2D eigenvalue weighted by molar-refractivity contribution is 5.59. The third-order valence-electron chi connectivity index (χ3n) is 3.35. The molecule has 1 saturated heterocycles. The van der Waals surface area contributed by atoms with Gasteiger partial charge in [-0.15, -0.1) is 0 Å². The van der Waals surface area contributed by atoms with Crippen molar-refractivity contribution in [2.45, 2.75) is 6.23 Å². The van der Waals surface area contributed by atoms with Gasteiger partial charge in [-0.25, -0.2) is 14.8 Å². The Morgan fingerprint density at radius 2 is 2.00 bits per heavy atom. The van der Waals surface area contributed by atoms with E-state index in [0.29, 0.717) is 24.6 Å². The van der Waals surface area contributed by atoms with Gasteiger partial charge in [-0.1, -0.05) is 0 Å². The van der Waals surface area contributed by atoms with Crippen molar-refractivity contribution in [3.05, 3.63) is 41.8 Å². The predicted octanol–water partition coefficient (Wildman–Crippen LogP) is 1.04. The lowest BCUT2D eigenvalue weighted by Crippen LogP contribution is -2.47. The molecule has 2 heterocycles. The van der Waals surface area contributed by atoms with Crippen molar-refractivity contribution in [1.29, 1.82) is 0 Å². The summed E-state index contributed by atoms with van der Waals surface area (Å²) in [7, 11) is 0. The number of halogens is 1. The molecule has 1 aliphatic heterocycles. The SMILES string of the molecule is OC(NN1CCOCC1)c1cc(-c2ccc(F)cc2)n[nH]1. The van der Waals surface area contributed by atoms with Crippen LogP contribution in [0.2, 0.25) is 0 Å². The third kappa shape index (κ3) is 3.45. The number of hydrogen-bond acceptors (Lipinski definition) is 5. The minimum atomic E-state index is -0.871. The summed E-state index contributed by atoms with van der Waals surface area (Å²) in [5.41, 5.74) is 4.99. The Labute approximate surface area is 121 Å². The van der Waals surface area contributed by atoms with Crippen molar-refractivity contribution in [1.82, 2.24) is 20.6 Å². The molecule has 1 aromatic heterocycles. The van der Waals surface area contributed by atoms with Gasteiger partial charge < -0.3 is 9.84 Å². The lowest BCUT2D eigenvalue weighted by Gasteiger charge is -2.29. The summed E-state index contributed by atoms with van der Waals surface area (Å²) >= 11 is 0. The smallest absolute Gasteiger partial charge is 0.160 e. The van der Waals surface area contributed by atoms with E-state index < -0.39 is 6.23 Å². The first kappa shape index (κ1) is 14.2. The lowest BCUT2D eigenvalue weighted by molar-refractivity contribution is -0.0346. The Kier molecular flexibility index (Phi) is 4.26. The summed E-state index contributed by atoms with van der Waals surface area (Å²) in [6.45, 7) is 2.72. The van der Waals surface area contributed by atoms with Crippen LogP contribution in [0, 0.1) is 5.82 Å². The van der Waals surface area contributed by atoms with E-state index in [4.69, 9.17) is 4.74 Å². The summed E-state index contributed by atoms with van der Waals surface area (Å²) < 4.78 is 18.1. The summed E-state index contributed by atoms with van der Waals surface area (Å²) in [6.07, 6.45) is -0.871. The fourth-order valence-electron chi connectivity index (χ4n) is 2.18. The van der Waals surface area contributed by atoms with E-state index >= 15 is 0 Å². The number of morpholine rings is 1. The molecule has 21 heavy (non-hydrogen) atoms. The van der Waals surface area contributed by atoms with Crippen LogP contribution in [0.4, 0.5) is 4.39 Å². The fraction of sp³-hybridized carbons (Fsp3) is 0.357. The average Bonchev–Trinajstić information content (AvgIpc) is 2.99. The highest BCUT2D eigenvalue weighted by atomic mass is 19.1. The number of benzene rings is 1. The molecular weight excluding hydrogens is 275 g/mol. The molecule has 0 aliphatic carbocycles. The Morgan fingerprint density at radius 1 is 1.29 bits per heavy atom. The van der Waals surface area contributed by atoms with Gasteiger partial charge in [0.05, 0.1) is 24.6 Å². The van der Waals surface area contributed by atoms with Crippen LogP contribution in [0.3, 0.4) is 0 Å². The van der Waals surface area contributed by atoms with E-state index in [1.807, 2.05) is 5.01 Å². The molecule has 112 valence electrons. The van der Waals surface area contributed by atoms with Crippen molar-refractivity contribution >= 4 is 0 Å². The van der Waals surface area contributed by atoms with Crippen molar-refractivity contribution in [3.8, 4) is 11.3 Å². The van der Waals surface area contributed by atoms with Crippen molar-refractivity contribution in [2.75, 3.05) is 26.3 Å². The van der Waals surface area contributed by atoms with Crippen LogP contribution in [-0.2, 0) is 4.74 Å². The molecule has 0 saturated carbocycles. The number of aliphatic hydroxyl groups excluding tert-OH is 1. The molecule has 0 bridgehead atoms. The summed E-state index contributed by atoms with van der Waals surface area (Å²) in [5.74, 6) is -0.288. The summed E-state index contributed by atoms with van der Waals surface area (Å²) in [4.78, 5) is 0. The minimum absolute atomic E-state index is 0.288. The maximum Gasteiger partial charge on any atom is 0.160 e. The number of hydrogen-bond donors (Lipinski definition) is 3. The number of aromatic amines is 1. The number of hydrazine groups is 1. The fourth-order valence-corrected chi connectivity index (χ4v) is 2.18. The number of aliphatic hydroxyl groups is 1. The molecule has 2 aromatic rings. The Hall–Kier alpha value is -1.80. The monoisotopic (exact) mass is 292 g/mol. The van der Waals surface area contributed by atoms with Crippen LogP contribution >= 0.6 is 0 Å². The maximum atomic E-state index is 12.9. The normalized spacial score (nSPS) is 17.8. The quantitative estimate of drug-likeness (QED) is 0.734. The molecule has 0 radical (unpaired) electrons. The number of nitrogens with one attached hydrogen (secondary N) is 2. The zero-order valence-corrected chi connectivity index (χ0v) is 11.4. The molecule has 0 amide bonds. The highest BCUT2D eigenvalue weighted by Crippen LogP contribution is 2.20. The number of H-pyrrole nitrogens is 1. The number of aromatic nitrogens is 2. The molecule has 1 atom stereocenters. The van der Waals surface area contributed by atoms with Crippen LogP contribution in [0.5, 0.6) is 0 Å². The predicted molar refractivity (Wildman–Crippen MR) is 74.5 cm³/mol. The Bertz CT molecular complexity index is 581. The number of ether oxygens (including phenoxy) is 1. The lowest BCUT2D eigenvalue weighted by atomic mass is 10.1. The van der Waals surface area contributed by atoms with Gasteiger partial charge in [0.1, 0.15) is 5.82 Å². The molecule has 3 N–H and O–H groups in total. The van der Waals surface area contributed by atoms with Gasteiger partial charge in [0, 0.05) is 18.7 Å². The maximum absolute atomic E-state index is 12.9. The van der Waals surface area contributed by atoms with Crippen molar-refractivity contribution in [2.24, 2.45) is 0 Å². The molecule has 1 fully saturated rings. The van der Waals surface area contributed by atoms with Gasteiger partial charge >= 0.3 is 0 Å². The van der Waals surface area contributed by atoms with Gasteiger partial charge in [0.2, 0.25) is 0 Å². The van der Waals surface area contributed by atoms with Crippen LogP contribution in [0.15, 0.2) is 30.3 Å². The largest absolute Gasteiger partial charge is 0.379 e. The van der Waals surface area contributed by atoms with Crippen molar-refractivity contribution in [3.63, 3.8) is 0 Å². The highest BCUT2D eigenvalue weighted by Gasteiger charge is 2.17. The second-order valence-corrected chi connectivity index (χ2v) is 4.85. The zero-order chi connectivity index (χ0) is 14.7. The Balaban J connectivity index is 1.67. The van der Waals surface area contributed by atoms with Crippen LogP contribution in [-0.4, -0.2) is 46.6 Å². The first-order chi connectivity index (χ1) is 10.2. The van der Waals surface area contributed by atoms with E-state index in [9.17, 15) is 9.50 Å². The zero-order valence-electron chi connectivity index (χ0n) is 11.4. The van der Waals surface area contributed by atoms with Crippen molar-refractivity contribution < 1.29 is 14.2 Å². The standard InChI is InChI=1S/C14H17FN4O2/c15-11-3-1-10(2-4-11)12-9-13(17-16-12)14(20)18-19-5-7-21-8-6-19/h1-4,9,14,18,20H,5-8H2,(H,16,17). The van der Waals surface area contributed by atoms with E-state index in [2.05, 4.69) is 15.6 Å². The van der Waals surface area contributed by atoms with Crippen LogP contribution in [0.1, 0.15) is 11.9 Å². The molecule has 6 nitrogen and oxygen atoms in total. The number of rotatable bonds is 4. The van der Waals surface area contributed by atoms with Crippen LogP contribution in [0.25, 0.3) is 11.3 Å². The second kappa shape index (κ2) is 6.31. The van der Waals surface area contributed by atoms with E-state index in [-0.39, 0.29) is 5.82 Å². The molecular formula is C14H17FN4O2. The van der Waals surface area contributed by atoms with E-state index in [0.717, 1.165) is 18.7 Å². The average molecular weight is 292 g/mol.